The summed E-state index contributed by atoms with van der Waals surface area (Å²) in [6, 6.07) is 0. The highest BCUT2D eigenvalue weighted by atomic mass is 32.2. The van der Waals surface area contributed by atoms with Crippen LogP contribution in [0, 0.1) is 17.8 Å². The zero-order chi connectivity index (χ0) is 15.8. The third kappa shape index (κ3) is 3.57. The molecule has 120 valence electrons. The van der Waals surface area contributed by atoms with Gasteiger partial charge in [-0.25, -0.2) is 0 Å². The van der Waals surface area contributed by atoms with E-state index in [1.807, 2.05) is 0 Å². The minimum absolute atomic E-state index is 0.224. The molecule has 2 fully saturated rings. The molecule has 2 rings (SSSR count). The van der Waals surface area contributed by atoms with Crippen LogP contribution in [0.1, 0.15) is 32.1 Å². The number of ketones is 1. The summed E-state index contributed by atoms with van der Waals surface area (Å²) in [4.78, 5) is 23.2. The number of ether oxygens (including phenoxy) is 1. The van der Waals surface area contributed by atoms with Crippen molar-refractivity contribution in [2.45, 2.75) is 37.4 Å². The molecule has 0 spiro atoms. The molecule has 0 aromatic heterocycles. The largest absolute Gasteiger partial charge is 0.458 e. The molecule has 3 unspecified atom stereocenters. The van der Waals surface area contributed by atoms with E-state index in [1.165, 1.54) is 0 Å². The third-order valence-electron chi connectivity index (χ3n) is 4.25. The maximum Gasteiger partial charge on any atom is 0.402 e. The zero-order valence-corrected chi connectivity index (χ0v) is 11.9. The summed E-state index contributed by atoms with van der Waals surface area (Å²) < 4.78 is 58.7. The second-order valence-electron chi connectivity index (χ2n) is 5.70. The van der Waals surface area contributed by atoms with Crippen LogP contribution in [0.5, 0.6) is 0 Å². The van der Waals surface area contributed by atoms with Gasteiger partial charge in [0, 0.05) is 5.92 Å². The highest BCUT2D eigenvalue weighted by molar-refractivity contribution is 7.86. The lowest BCUT2D eigenvalue weighted by Crippen LogP contribution is -2.35. The van der Waals surface area contributed by atoms with Gasteiger partial charge in [0.05, 0.1) is 0 Å². The van der Waals surface area contributed by atoms with Gasteiger partial charge in [-0.3, -0.25) is 14.1 Å². The predicted octanol–water partition coefficient (Wildman–Crippen LogP) is 1.41. The normalized spacial score (nSPS) is 28.6. The number of halogens is 2. The Hall–Kier alpha value is -1.09. The van der Waals surface area contributed by atoms with E-state index in [-0.39, 0.29) is 17.6 Å². The maximum absolute atomic E-state index is 12.9. The van der Waals surface area contributed by atoms with Gasteiger partial charge in [0.15, 0.2) is 6.61 Å². The lowest BCUT2D eigenvalue weighted by Gasteiger charge is -2.20. The van der Waals surface area contributed by atoms with E-state index in [4.69, 9.17) is 4.55 Å². The van der Waals surface area contributed by atoms with Crippen LogP contribution in [0.3, 0.4) is 0 Å². The molecule has 6 nitrogen and oxygen atoms in total. The van der Waals surface area contributed by atoms with E-state index in [2.05, 4.69) is 4.74 Å². The van der Waals surface area contributed by atoms with E-state index in [1.54, 1.807) is 0 Å². The topological polar surface area (TPSA) is 97.7 Å². The lowest BCUT2D eigenvalue weighted by atomic mass is 9.85. The van der Waals surface area contributed by atoms with Crippen molar-refractivity contribution in [2.24, 2.45) is 17.8 Å². The first kappa shape index (κ1) is 16.3. The van der Waals surface area contributed by atoms with E-state index in [0.717, 1.165) is 25.7 Å². The van der Waals surface area contributed by atoms with Crippen LogP contribution < -0.4 is 0 Å². The number of carbonyl (C=O) groups excluding carboxylic acids is 2. The van der Waals surface area contributed by atoms with Crippen LogP contribution >= 0.6 is 0 Å². The molecule has 0 radical (unpaired) electrons. The quantitative estimate of drug-likeness (QED) is 0.450. The summed E-state index contributed by atoms with van der Waals surface area (Å²) >= 11 is 0. The number of fused-ring (bicyclic) bond motifs is 2. The molecule has 0 saturated heterocycles. The summed E-state index contributed by atoms with van der Waals surface area (Å²) in [5.74, 6) is -1.01. The van der Waals surface area contributed by atoms with Crippen LogP contribution in [-0.4, -0.2) is 36.6 Å². The molecule has 1 N–H and O–H groups in total. The molecule has 21 heavy (non-hydrogen) atoms. The van der Waals surface area contributed by atoms with Crippen LogP contribution in [0.2, 0.25) is 0 Å². The van der Waals surface area contributed by atoms with Crippen molar-refractivity contribution in [1.29, 1.82) is 0 Å². The summed E-state index contributed by atoms with van der Waals surface area (Å²) in [7, 11) is -5.64. The van der Waals surface area contributed by atoms with E-state index in [0.29, 0.717) is 5.92 Å². The smallest absolute Gasteiger partial charge is 0.402 e. The Labute approximate surface area is 120 Å². The molecule has 2 aliphatic carbocycles. The molecule has 0 aromatic carbocycles. The van der Waals surface area contributed by atoms with Crippen LogP contribution in [-0.2, 0) is 24.4 Å². The van der Waals surface area contributed by atoms with Crippen LogP contribution in [0.25, 0.3) is 0 Å². The van der Waals surface area contributed by atoms with E-state index >= 15 is 0 Å². The molecule has 2 aliphatic rings. The first-order valence-electron chi connectivity index (χ1n) is 6.63. The summed E-state index contributed by atoms with van der Waals surface area (Å²) in [6.07, 6.45) is 3.07. The fourth-order valence-electron chi connectivity index (χ4n) is 3.20. The lowest BCUT2D eigenvalue weighted by molar-refractivity contribution is -0.152. The average Bonchev–Trinajstić information content (AvgIpc) is 2.97. The fourth-order valence-corrected chi connectivity index (χ4v) is 3.41. The first-order valence-corrected chi connectivity index (χ1v) is 8.07. The maximum atomic E-state index is 12.9. The first-order chi connectivity index (χ1) is 9.60. The van der Waals surface area contributed by atoms with Gasteiger partial charge in [0.25, 0.3) is 0 Å². The highest BCUT2D eigenvalue weighted by Crippen LogP contribution is 2.48. The Bertz CT molecular complexity index is 544. The van der Waals surface area contributed by atoms with Gasteiger partial charge in [-0.2, -0.15) is 17.2 Å². The molecular formula is C12H16F2O6S. The van der Waals surface area contributed by atoms with Crippen molar-refractivity contribution in [3.8, 4) is 0 Å². The van der Waals surface area contributed by atoms with Gasteiger partial charge in [-0.15, -0.1) is 0 Å². The molecule has 0 heterocycles. The Balaban J connectivity index is 1.81. The standard InChI is InChI=1S/C12H16F2O6S/c13-12(14,21(17,18)19)6-20-11(16)5-10(15)9-4-7-1-2-8(9)3-7/h7-9H,1-6H2,(H,17,18,19). The third-order valence-corrected chi connectivity index (χ3v) is 5.12. The second-order valence-corrected chi connectivity index (χ2v) is 7.24. The van der Waals surface area contributed by atoms with Gasteiger partial charge < -0.3 is 4.74 Å². The fraction of sp³-hybridized carbons (Fsp3) is 0.833. The second kappa shape index (κ2) is 5.60. The summed E-state index contributed by atoms with van der Waals surface area (Å²) in [6.45, 7) is -1.80. The van der Waals surface area contributed by atoms with Gasteiger partial charge in [0.2, 0.25) is 0 Å². The SMILES string of the molecule is O=C(CC(=O)C1CC2CCC1C2)OCC(F)(F)S(=O)(=O)O. The number of hydrogen-bond donors (Lipinski definition) is 1. The van der Waals surface area contributed by atoms with Crippen molar-refractivity contribution < 1.29 is 36.1 Å². The zero-order valence-electron chi connectivity index (χ0n) is 11.1. The molecule has 0 amide bonds. The Morgan fingerprint density at radius 3 is 2.38 bits per heavy atom. The van der Waals surface area contributed by atoms with Gasteiger partial charge in [-0.05, 0) is 31.1 Å². The molecular weight excluding hydrogens is 310 g/mol. The van der Waals surface area contributed by atoms with E-state index in [9.17, 15) is 26.8 Å². The number of carbonyl (C=O) groups is 2. The minimum atomic E-state index is -5.64. The van der Waals surface area contributed by atoms with Crippen molar-refractivity contribution in [3.63, 3.8) is 0 Å². The Morgan fingerprint density at radius 1 is 1.24 bits per heavy atom. The van der Waals surface area contributed by atoms with Gasteiger partial charge in [-0.1, -0.05) is 6.42 Å². The molecule has 9 heteroatoms. The van der Waals surface area contributed by atoms with Crippen molar-refractivity contribution in [2.75, 3.05) is 6.61 Å². The molecule has 2 saturated carbocycles. The Kier molecular flexibility index (Phi) is 4.34. The summed E-state index contributed by atoms with van der Waals surface area (Å²) in [5, 5.41) is -4.57. The van der Waals surface area contributed by atoms with Crippen molar-refractivity contribution >= 4 is 21.9 Å². The number of alkyl halides is 2. The van der Waals surface area contributed by atoms with Gasteiger partial charge >= 0.3 is 21.3 Å². The van der Waals surface area contributed by atoms with Crippen molar-refractivity contribution in [1.82, 2.24) is 0 Å². The highest BCUT2D eigenvalue weighted by Gasteiger charge is 2.46. The van der Waals surface area contributed by atoms with Crippen LogP contribution in [0.15, 0.2) is 0 Å². The minimum Gasteiger partial charge on any atom is -0.458 e. The van der Waals surface area contributed by atoms with Crippen molar-refractivity contribution in [3.05, 3.63) is 0 Å². The average molecular weight is 326 g/mol. The molecule has 0 aliphatic heterocycles. The predicted molar refractivity (Wildman–Crippen MR) is 66.0 cm³/mol. The van der Waals surface area contributed by atoms with E-state index < -0.39 is 34.4 Å². The molecule has 0 aromatic rings. The Morgan fingerprint density at radius 2 is 1.90 bits per heavy atom. The number of Topliss-reactive ketones (excluding diaryl/α,β-unsaturated/α-hetero) is 1. The van der Waals surface area contributed by atoms with Gasteiger partial charge in [0.1, 0.15) is 12.2 Å². The number of rotatable bonds is 6. The summed E-state index contributed by atoms with van der Waals surface area (Å²) in [5.41, 5.74) is 0. The monoisotopic (exact) mass is 326 g/mol. The molecule has 3 atom stereocenters. The van der Waals surface area contributed by atoms with Crippen LogP contribution in [0.4, 0.5) is 8.78 Å². The molecule has 2 bridgehead atoms. The number of esters is 1. The number of hydrogen-bond acceptors (Lipinski definition) is 5.